The minimum absolute atomic E-state index is 0.659. The fourth-order valence-electron chi connectivity index (χ4n) is 0.980. The molecule has 1 aromatic carbocycles. The molecule has 2 rings (SSSR count). The fourth-order valence-corrected chi connectivity index (χ4v) is 0.980. The summed E-state index contributed by atoms with van der Waals surface area (Å²) < 4.78 is 0. The van der Waals surface area contributed by atoms with Gasteiger partial charge in [-0.25, -0.2) is 0 Å². The van der Waals surface area contributed by atoms with Crippen LogP contribution in [-0.2, 0) is 0 Å². The molecular formula is C9H8. The van der Waals surface area contributed by atoms with E-state index in [1.165, 1.54) is 5.56 Å². The maximum absolute atomic E-state index is 3.25. The summed E-state index contributed by atoms with van der Waals surface area (Å²) in [5.41, 5.74) is 1.41. The third-order valence-corrected chi connectivity index (χ3v) is 1.61. The van der Waals surface area contributed by atoms with Crippen molar-refractivity contribution in [2.24, 2.45) is 0 Å². The molecule has 0 N–H and O–H groups in total. The molecule has 44 valence electrons. The Labute approximate surface area is 55.5 Å². The normalized spacial score (nSPS) is 17.8. The quantitative estimate of drug-likeness (QED) is 0.528. The van der Waals surface area contributed by atoms with Gasteiger partial charge in [0.2, 0.25) is 0 Å². The van der Waals surface area contributed by atoms with Crippen LogP contribution in [-0.4, -0.2) is 0 Å². The Kier molecular flexibility index (Phi) is 1.05. The summed E-state index contributed by atoms with van der Waals surface area (Å²) in [5, 5.41) is 0. The zero-order valence-corrected chi connectivity index (χ0v) is 5.17. The molecule has 0 unspecified atom stereocenters. The zero-order valence-electron chi connectivity index (χ0n) is 5.17. The van der Waals surface area contributed by atoms with E-state index in [2.05, 4.69) is 30.7 Å². The largest absolute Gasteiger partial charge is 0.0622 e. The first-order valence-electron chi connectivity index (χ1n) is 3.25. The number of benzene rings is 1. The monoisotopic (exact) mass is 116 g/mol. The molecule has 0 bridgehead atoms. The predicted molar refractivity (Wildman–Crippen MR) is 37.0 cm³/mol. The van der Waals surface area contributed by atoms with E-state index in [1.54, 1.807) is 0 Å². The molecule has 1 saturated carbocycles. The molecule has 2 radical (unpaired) electrons. The molecular weight excluding hydrogens is 108 g/mol. The lowest BCUT2D eigenvalue weighted by Crippen LogP contribution is -1.73. The predicted octanol–water partition coefficient (Wildman–Crippen LogP) is 2.26. The standard InChI is InChI=1S/C9H8/c1-2-4-8(5-3-1)9-6-7-9/h1-5,9H,6H2/t9-/m0/s1. The van der Waals surface area contributed by atoms with E-state index in [1.807, 2.05) is 6.07 Å². The molecule has 1 fully saturated rings. The van der Waals surface area contributed by atoms with Gasteiger partial charge < -0.3 is 0 Å². The Morgan fingerprint density at radius 2 is 1.89 bits per heavy atom. The van der Waals surface area contributed by atoms with Gasteiger partial charge in [-0.1, -0.05) is 30.3 Å². The highest BCUT2D eigenvalue weighted by Gasteiger charge is 2.23. The molecule has 0 heteroatoms. The lowest BCUT2D eigenvalue weighted by atomic mass is 10.1. The molecule has 0 aliphatic heterocycles. The van der Waals surface area contributed by atoms with Gasteiger partial charge in [-0.3, -0.25) is 0 Å². The summed E-state index contributed by atoms with van der Waals surface area (Å²) in [7, 11) is 0. The van der Waals surface area contributed by atoms with Gasteiger partial charge in [0.25, 0.3) is 0 Å². The average Bonchev–Trinajstić information content (AvgIpc) is 2.71. The van der Waals surface area contributed by atoms with E-state index in [4.69, 9.17) is 0 Å². The van der Waals surface area contributed by atoms with Crippen molar-refractivity contribution >= 4 is 0 Å². The molecule has 0 spiro atoms. The molecule has 1 atom stereocenters. The van der Waals surface area contributed by atoms with Crippen molar-refractivity contribution in [2.45, 2.75) is 12.3 Å². The lowest BCUT2D eigenvalue weighted by Gasteiger charge is -1.92. The van der Waals surface area contributed by atoms with Crippen molar-refractivity contribution in [1.82, 2.24) is 0 Å². The van der Waals surface area contributed by atoms with Crippen LogP contribution in [0.3, 0.4) is 0 Å². The highest BCUT2D eigenvalue weighted by atomic mass is 14.3. The average molecular weight is 116 g/mol. The van der Waals surface area contributed by atoms with Crippen molar-refractivity contribution in [1.29, 1.82) is 0 Å². The van der Waals surface area contributed by atoms with Gasteiger partial charge in [0.05, 0.1) is 0 Å². The second-order valence-electron chi connectivity index (χ2n) is 2.37. The van der Waals surface area contributed by atoms with Crippen LogP contribution in [0.5, 0.6) is 0 Å². The molecule has 1 aliphatic rings. The van der Waals surface area contributed by atoms with Crippen molar-refractivity contribution < 1.29 is 0 Å². The number of hydrogen-bond acceptors (Lipinski definition) is 0. The van der Waals surface area contributed by atoms with Gasteiger partial charge in [0.1, 0.15) is 0 Å². The minimum atomic E-state index is 0.659. The van der Waals surface area contributed by atoms with Gasteiger partial charge in [0, 0.05) is 0 Å². The summed E-state index contributed by atoms with van der Waals surface area (Å²) in [6.45, 7) is 0. The maximum Gasteiger partial charge on any atom is -0.00859 e. The Balaban J connectivity index is 2.29. The molecule has 1 aromatic rings. The van der Waals surface area contributed by atoms with Crippen molar-refractivity contribution in [3.8, 4) is 0 Å². The summed E-state index contributed by atoms with van der Waals surface area (Å²) in [6, 6.07) is 10.5. The topological polar surface area (TPSA) is 0 Å². The van der Waals surface area contributed by atoms with Crippen LogP contribution in [0, 0.1) is 6.42 Å². The highest BCUT2D eigenvalue weighted by Crippen LogP contribution is 2.38. The smallest absolute Gasteiger partial charge is 0.00859 e. The molecule has 9 heavy (non-hydrogen) atoms. The van der Waals surface area contributed by atoms with Crippen molar-refractivity contribution in [3.63, 3.8) is 0 Å². The third kappa shape index (κ3) is 0.973. The fraction of sp³-hybridized carbons (Fsp3) is 0.222. The second-order valence-corrected chi connectivity index (χ2v) is 2.37. The van der Waals surface area contributed by atoms with Crippen molar-refractivity contribution in [2.75, 3.05) is 0 Å². The highest BCUT2D eigenvalue weighted by molar-refractivity contribution is 5.28. The molecule has 0 heterocycles. The lowest BCUT2D eigenvalue weighted by molar-refractivity contribution is 1.16. The van der Waals surface area contributed by atoms with Gasteiger partial charge in [0.15, 0.2) is 0 Å². The van der Waals surface area contributed by atoms with Gasteiger partial charge in [-0.15, -0.1) is 0 Å². The van der Waals surface area contributed by atoms with Crippen molar-refractivity contribution in [3.05, 3.63) is 42.3 Å². The second kappa shape index (κ2) is 1.87. The van der Waals surface area contributed by atoms with E-state index >= 15 is 0 Å². The SMILES string of the molecule is [C]1C[C@@H]1c1ccccc1. The van der Waals surface area contributed by atoms with Crippen LogP contribution < -0.4 is 0 Å². The van der Waals surface area contributed by atoms with E-state index in [9.17, 15) is 0 Å². The Bertz CT molecular complexity index is 184. The molecule has 0 nitrogen and oxygen atoms in total. The van der Waals surface area contributed by atoms with Gasteiger partial charge in [-0.05, 0) is 24.3 Å². The number of rotatable bonds is 1. The summed E-state index contributed by atoms with van der Waals surface area (Å²) in [4.78, 5) is 0. The van der Waals surface area contributed by atoms with E-state index in [0.717, 1.165) is 6.42 Å². The van der Waals surface area contributed by atoms with Gasteiger partial charge >= 0.3 is 0 Å². The Morgan fingerprint density at radius 3 is 2.44 bits per heavy atom. The zero-order chi connectivity index (χ0) is 6.10. The maximum atomic E-state index is 3.25. The Morgan fingerprint density at radius 1 is 1.22 bits per heavy atom. The van der Waals surface area contributed by atoms with Crippen LogP contribution in [0.1, 0.15) is 17.9 Å². The van der Waals surface area contributed by atoms with Crippen LogP contribution in [0.25, 0.3) is 0 Å². The first kappa shape index (κ1) is 5.04. The molecule has 1 aliphatic carbocycles. The first-order chi connectivity index (χ1) is 4.47. The summed E-state index contributed by atoms with van der Waals surface area (Å²) in [5.74, 6) is 0.659. The summed E-state index contributed by atoms with van der Waals surface area (Å²) >= 11 is 0. The van der Waals surface area contributed by atoms with Crippen LogP contribution in [0.15, 0.2) is 30.3 Å². The number of hydrogen-bond donors (Lipinski definition) is 0. The Hall–Kier alpha value is -0.780. The van der Waals surface area contributed by atoms with Crippen LogP contribution in [0.2, 0.25) is 0 Å². The molecule has 0 amide bonds. The van der Waals surface area contributed by atoms with E-state index in [0.29, 0.717) is 5.92 Å². The van der Waals surface area contributed by atoms with E-state index < -0.39 is 0 Å². The van der Waals surface area contributed by atoms with E-state index in [-0.39, 0.29) is 0 Å². The third-order valence-electron chi connectivity index (χ3n) is 1.61. The summed E-state index contributed by atoms with van der Waals surface area (Å²) in [6.07, 6.45) is 4.41. The van der Waals surface area contributed by atoms with Crippen LogP contribution >= 0.6 is 0 Å². The van der Waals surface area contributed by atoms with Crippen LogP contribution in [0.4, 0.5) is 0 Å². The molecule has 0 aromatic heterocycles. The van der Waals surface area contributed by atoms with Gasteiger partial charge in [-0.2, -0.15) is 0 Å². The molecule has 0 saturated heterocycles. The minimum Gasteiger partial charge on any atom is -0.0622 e. The first-order valence-corrected chi connectivity index (χ1v) is 3.25.